The summed E-state index contributed by atoms with van der Waals surface area (Å²) in [5.74, 6) is 1.68. The lowest BCUT2D eigenvalue weighted by Gasteiger charge is -2.43. The Bertz CT molecular complexity index is 806. The van der Waals surface area contributed by atoms with Gasteiger partial charge in [0.05, 0.1) is 5.75 Å². The van der Waals surface area contributed by atoms with Gasteiger partial charge in [-0.3, -0.25) is 9.80 Å². The monoisotopic (exact) mass is 407 g/mol. The average molecular weight is 408 g/mol. The van der Waals surface area contributed by atoms with E-state index in [4.69, 9.17) is 9.47 Å². The normalized spacial score (nSPS) is 24.4. The van der Waals surface area contributed by atoms with E-state index in [1.54, 1.807) is 4.31 Å². The minimum Gasteiger partial charge on any atom is -0.454 e. The number of benzene rings is 1. The molecule has 4 rings (SSSR count). The van der Waals surface area contributed by atoms with Crippen LogP contribution in [0.25, 0.3) is 0 Å². The largest absolute Gasteiger partial charge is 0.454 e. The van der Waals surface area contributed by atoms with Crippen molar-refractivity contribution in [1.82, 2.24) is 14.1 Å². The van der Waals surface area contributed by atoms with E-state index in [0.717, 1.165) is 57.1 Å². The van der Waals surface area contributed by atoms with Crippen LogP contribution in [0.3, 0.4) is 0 Å². The van der Waals surface area contributed by atoms with Crippen LogP contribution < -0.4 is 9.47 Å². The smallest absolute Gasteiger partial charge is 0.231 e. The van der Waals surface area contributed by atoms with E-state index < -0.39 is 10.0 Å². The molecule has 1 aromatic rings. The Morgan fingerprint density at radius 1 is 1.11 bits per heavy atom. The van der Waals surface area contributed by atoms with Crippen molar-refractivity contribution in [2.75, 3.05) is 51.8 Å². The second kappa shape index (κ2) is 8.41. The summed E-state index contributed by atoms with van der Waals surface area (Å²) in [7, 11) is -3.21. The Hall–Kier alpha value is -1.61. The third-order valence-electron chi connectivity index (χ3n) is 5.85. The van der Waals surface area contributed by atoms with Crippen LogP contribution in [0.5, 0.6) is 11.5 Å². The summed E-state index contributed by atoms with van der Waals surface area (Å²) >= 11 is 0. The van der Waals surface area contributed by atoms with E-state index >= 15 is 0 Å². The Kier molecular flexibility index (Phi) is 5.91. The van der Waals surface area contributed by atoms with Gasteiger partial charge in [-0.25, -0.2) is 12.7 Å². The van der Waals surface area contributed by atoms with Crippen LogP contribution in [-0.2, 0) is 16.6 Å². The van der Waals surface area contributed by atoms with Crippen molar-refractivity contribution in [3.05, 3.63) is 36.4 Å². The molecular weight excluding hydrogens is 378 g/mol. The SMILES string of the molecule is C=CCS(=O)(=O)N1CCC[C@H](N2CCN(Cc3ccc4c(c3)OCO4)CC2)C1. The van der Waals surface area contributed by atoms with Crippen LogP contribution in [0.4, 0.5) is 0 Å². The number of nitrogens with zero attached hydrogens (tertiary/aromatic N) is 3. The Balaban J connectivity index is 1.29. The highest BCUT2D eigenvalue weighted by atomic mass is 32.2. The molecule has 0 saturated carbocycles. The van der Waals surface area contributed by atoms with Gasteiger partial charge in [-0.2, -0.15) is 0 Å². The lowest BCUT2D eigenvalue weighted by molar-refractivity contribution is 0.0675. The first-order chi connectivity index (χ1) is 13.5. The molecule has 0 bridgehead atoms. The number of piperidine rings is 1. The summed E-state index contributed by atoms with van der Waals surface area (Å²) in [6.45, 7) is 9.96. The number of hydrogen-bond acceptors (Lipinski definition) is 6. The van der Waals surface area contributed by atoms with E-state index in [9.17, 15) is 8.42 Å². The van der Waals surface area contributed by atoms with Crippen LogP contribution in [0, 0.1) is 0 Å². The third-order valence-corrected chi connectivity index (χ3v) is 7.62. The highest BCUT2D eigenvalue weighted by molar-refractivity contribution is 7.89. The molecule has 0 unspecified atom stereocenters. The number of fused-ring (bicyclic) bond motifs is 1. The fourth-order valence-corrected chi connectivity index (χ4v) is 5.63. The predicted molar refractivity (Wildman–Crippen MR) is 108 cm³/mol. The molecule has 3 aliphatic heterocycles. The fourth-order valence-electron chi connectivity index (χ4n) is 4.31. The van der Waals surface area contributed by atoms with Gasteiger partial charge in [0.1, 0.15) is 0 Å². The maximum atomic E-state index is 12.4. The van der Waals surface area contributed by atoms with Crippen LogP contribution in [0.1, 0.15) is 18.4 Å². The number of rotatable bonds is 6. The van der Waals surface area contributed by atoms with Crippen molar-refractivity contribution >= 4 is 10.0 Å². The average Bonchev–Trinajstić information content (AvgIpc) is 3.16. The molecule has 0 aliphatic carbocycles. The van der Waals surface area contributed by atoms with Gasteiger partial charge in [-0.15, -0.1) is 6.58 Å². The molecule has 2 fully saturated rings. The quantitative estimate of drug-likeness (QED) is 0.667. The number of ether oxygens (including phenoxy) is 2. The van der Waals surface area contributed by atoms with E-state index in [1.807, 2.05) is 6.07 Å². The molecule has 7 nitrogen and oxygen atoms in total. The second-order valence-corrected chi connectivity index (χ2v) is 9.73. The maximum absolute atomic E-state index is 12.4. The first kappa shape index (κ1) is 19.7. The van der Waals surface area contributed by atoms with Gasteiger partial charge in [0.25, 0.3) is 0 Å². The maximum Gasteiger partial charge on any atom is 0.231 e. The van der Waals surface area contributed by atoms with E-state index in [0.29, 0.717) is 25.9 Å². The molecule has 0 radical (unpaired) electrons. The Morgan fingerprint density at radius 2 is 1.89 bits per heavy atom. The highest BCUT2D eigenvalue weighted by Gasteiger charge is 2.32. The minimum absolute atomic E-state index is 0.0308. The first-order valence-corrected chi connectivity index (χ1v) is 11.6. The highest BCUT2D eigenvalue weighted by Crippen LogP contribution is 2.33. The van der Waals surface area contributed by atoms with Gasteiger partial charge in [0.2, 0.25) is 16.8 Å². The van der Waals surface area contributed by atoms with Gasteiger partial charge in [0, 0.05) is 51.9 Å². The Morgan fingerprint density at radius 3 is 2.68 bits per heavy atom. The molecule has 3 aliphatic rings. The van der Waals surface area contributed by atoms with Gasteiger partial charge < -0.3 is 9.47 Å². The lowest BCUT2D eigenvalue weighted by atomic mass is 10.0. The molecule has 8 heteroatoms. The summed E-state index contributed by atoms with van der Waals surface area (Å²) in [5, 5.41) is 0. The molecule has 1 aromatic carbocycles. The summed E-state index contributed by atoms with van der Waals surface area (Å²) < 4.78 is 37.2. The molecule has 3 heterocycles. The fraction of sp³-hybridized carbons (Fsp3) is 0.600. The van der Waals surface area contributed by atoms with Gasteiger partial charge >= 0.3 is 0 Å². The number of piperazine rings is 1. The molecular formula is C20H29N3O4S. The first-order valence-electron chi connectivity index (χ1n) is 9.99. The van der Waals surface area contributed by atoms with Crippen molar-refractivity contribution in [2.24, 2.45) is 0 Å². The van der Waals surface area contributed by atoms with Crippen LogP contribution in [0.2, 0.25) is 0 Å². The Labute approximate surface area is 167 Å². The zero-order chi connectivity index (χ0) is 19.6. The summed E-state index contributed by atoms with van der Waals surface area (Å²) in [6, 6.07) is 6.47. The summed E-state index contributed by atoms with van der Waals surface area (Å²) in [4.78, 5) is 4.91. The third kappa shape index (κ3) is 4.35. The molecule has 154 valence electrons. The zero-order valence-corrected chi connectivity index (χ0v) is 17.1. The van der Waals surface area contributed by atoms with Crippen LogP contribution >= 0.6 is 0 Å². The summed E-state index contributed by atoms with van der Waals surface area (Å²) in [6.07, 6.45) is 3.48. The van der Waals surface area contributed by atoms with Crippen molar-refractivity contribution in [3.8, 4) is 11.5 Å². The number of sulfonamides is 1. The summed E-state index contributed by atoms with van der Waals surface area (Å²) in [5.41, 5.74) is 1.23. The minimum atomic E-state index is -3.21. The van der Waals surface area contributed by atoms with Crippen molar-refractivity contribution in [3.63, 3.8) is 0 Å². The molecule has 0 aromatic heterocycles. The lowest BCUT2D eigenvalue weighted by Crippen LogP contribution is -2.55. The van der Waals surface area contributed by atoms with E-state index in [1.165, 1.54) is 11.6 Å². The zero-order valence-electron chi connectivity index (χ0n) is 16.3. The van der Waals surface area contributed by atoms with E-state index in [2.05, 4.69) is 28.5 Å². The second-order valence-electron chi connectivity index (χ2n) is 7.72. The molecule has 0 N–H and O–H groups in total. The molecule has 1 atom stereocenters. The molecule has 28 heavy (non-hydrogen) atoms. The predicted octanol–water partition coefficient (Wildman–Crippen LogP) is 1.51. The van der Waals surface area contributed by atoms with Crippen molar-refractivity contribution < 1.29 is 17.9 Å². The van der Waals surface area contributed by atoms with Gasteiger partial charge in [-0.1, -0.05) is 12.1 Å². The van der Waals surface area contributed by atoms with Gasteiger partial charge in [-0.05, 0) is 30.5 Å². The topological polar surface area (TPSA) is 62.3 Å². The standard InChI is InChI=1S/C20H29N3O4S/c1-2-12-28(24,25)23-7-3-4-18(15-23)22-10-8-21(9-11-22)14-17-5-6-19-20(13-17)27-16-26-19/h2,5-6,13,18H,1,3-4,7-12,14-16H2/t18-/m0/s1. The van der Waals surface area contributed by atoms with Crippen molar-refractivity contribution in [2.45, 2.75) is 25.4 Å². The van der Waals surface area contributed by atoms with E-state index in [-0.39, 0.29) is 5.75 Å². The molecule has 2 saturated heterocycles. The van der Waals surface area contributed by atoms with Crippen molar-refractivity contribution in [1.29, 1.82) is 0 Å². The van der Waals surface area contributed by atoms with Crippen LogP contribution in [-0.4, -0.2) is 80.4 Å². The van der Waals surface area contributed by atoms with Gasteiger partial charge in [0.15, 0.2) is 11.5 Å². The molecule has 0 spiro atoms. The molecule has 0 amide bonds. The number of hydrogen-bond donors (Lipinski definition) is 0. The van der Waals surface area contributed by atoms with Crippen LogP contribution in [0.15, 0.2) is 30.9 Å².